The Morgan fingerprint density at radius 1 is 1.45 bits per heavy atom. The molecule has 2 aliphatic heterocycles. The molecule has 11 heavy (non-hydrogen) atoms. The second kappa shape index (κ2) is 1.97. The molecule has 0 saturated carbocycles. The lowest BCUT2D eigenvalue weighted by molar-refractivity contribution is 0.304. The van der Waals surface area contributed by atoms with Gasteiger partial charge in [0.2, 0.25) is 10.0 Å². The molecule has 2 fully saturated rings. The van der Waals surface area contributed by atoms with Gasteiger partial charge >= 0.3 is 0 Å². The first-order valence-electron chi connectivity index (χ1n) is 3.72. The summed E-state index contributed by atoms with van der Waals surface area (Å²) in [4.78, 5) is 2.00. The molecule has 0 radical (unpaired) electrons. The van der Waals surface area contributed by atoms with Crippen LogP contribution in [0, 0.1) is 0 Å². The summed E-state index contributed by atoms with van der Waals surface area (Å²) in [5, 5.41) is -0.183. The topological polar surface area (TPSA) is 40.4 Å². The standard InChI is InChI=1S/C6H12N2O2S/c1-7(2)5-3-4-8-6(5)11(8,9)10/h5-6H,3-4H2,1-2H3. The van der Waals surface area contributed by atoms with E-state index in [1.807, 2.05) is 19.0 Å². The molecule has 0 aromatic heterocycles. The van der Waals surface area contributed by atoms with Gasteiger partial charge in [0.1, 0.15) is 0 Å². The van der Waals surface area contributed by atoms with E-state index < -0.39 is 10.0 Å². The fourth-order valence-corrected chi connectivity index (χ4v) is 3.92. The quantitative estimate of drug-likeness (QED) is 0.496. The second-order valence-corrected chi connectivity index (χ2v) is 5.35. The molecule has 2 rings (SSSR count). The van der Waals surface area contributed by atoms with E-state index in [9.17, 15) is 8.42 Å². The van der Waals surface area contributed by atoms with Crippen LogP contribution in [0.1, 0.15) is 6.42 Å². The number of sulfonamides is 1. The Bertz CT molecular complexity index is 272. The molecule has 0 bridgehead atoms. The van der Waals surface area contributed by atoms with Crippen LogP contribution in [0.4, 0.5) is 0 Å². The van der Waals surface area contributed by atoms with Gasteiger partial charge in [-0.3, -0.25) is 0 Å². The molecule has 3 unspecified atom stereocenters. The number of rotatable bonds is 1. The van der Waals surface area contributed by atoms with Crippen LogP contribution in [0.2, 0.25) is 0 Å². The summed E-state index contributed by atoms with van der Waals surface area (Å²) in [6.07, 6.45) is 0.983. The summed E-state index contributed by atoms with van der Waals surface area (Å²) < 4.78 is 23.8. The average Bonchev–Trinajstić information content (AvgIpc) is 2.34. The molecule has 0 spiro atoms. The van der Waals surface area contributed by atoms with Gasteiger partial charge in [-0.1, -0.05) is 0 Å². The smallest absolute Gasteiger partial charge is 0.234 e. The Kier molecular flexibility index (Phi) is 1.34. The molecule has 0 aromatic carbocycles. The van der Waals surface area contributed by atoms with Crippen LogP contribution in [-0.2, 0) is 10.0 Å². The summed E-state index contributed by atoms with van der Waals surface area (Å²) >= 11 is 0. The fourth-order valence-electron chi connectivity index (χ4n) is 1.82. The summed E-state index contributed by atoms with van der Waals surface area (Å²) in [6, 6.07) is 0.222. The Balaban J connectivity index is 2.20. The molecule has 0 aliphatic carbocycles. The lowest BCUT2D eigenvalue weighted by atomic mass is 10.2. The summed E-state index contributed by atoms with van der Waals surface area (Å²) in [5.74, 6) is 0. The number of hydrogen-bond acceptors (Lipinski definition) is 3. The van der Waals surface area contributed by atoms with Gasteiger partial charge in [0.15, 0.2) is 5.37 Å². The van der Waals surface area contributed by atoms with Crippen LogP contribution in [0.15, 0.2) is 0 Å². The molecule has 3 atom stereocenters. The Labute approximate surface area is 66.8 Å². The van der Waals surface area contributed by atoms with Gasteiger partial charge in [0.05, 0.1) is 0 Å². The van der Waals surface area contributed by atoms with E-state index in [2.05, 4.69) is 0 Å². The molecular weight excluding hydrogens is 164 g/mol. The van der Waals surface area contributed by atoms with Gasteiger partial charge in [-0.05, 0) is 20.5 Å². The van der Waals surface area contributed by atoms with Gasteiger partial charge < -0.3 is 4.90 Å². The largest absolute Gasteiger partial charge is 0.304 e. The fraction of sp³-hybridized carbons (Fsp3) is 1.00. The molecule has 2 aliphatic rings. The van der Waals surface area contributed by atoms with Crippen molar-refractivity contribution in [1.29, 1.82) is 0 Å². The third-order valence-corrected chi connectivity index (χ3v) is 4.53. The van der Waals surface area contributed by atoms with Crippen molar-refractivity contribution in [3.8, 4) is 0 Å². The van der Waals surface area contributed by atoms with E-state index in [0.717, 1.165) is 13.0 Å². The lowest BCUT2D eigenvalue weighted by Crippen LogP contribution is -2.31. The van der Waals surface area contributed by atoms with E-state index in [1.54, 1.807) is 4.31 Å². The summed E-state index contributed by atoms with van der Waals surface area (Å²) in [5.41, 5.74) is 0. The van der Waals surface area contributed by atoms with Crippen molar-refractivity contribution in [1.82, 2.24) is 9.21 Å². The highest BCUT2D eigenvalue weighted by molar-refractivity contribution is 7.96. The molecule has 0 amide bonds. The minimum atomic E-state index is -2.80. The Morgan fingerprint density at radius 3 is 2.36 bits per heavy atom. The predicted octanol–water partition coefficient (Wildman–Crippen LogP) is -0.708. The van der Waals surface area contributed by atoms with Gasteiger partial charge in [-0.15, -0.1) is 0 Å². The second-order valence-electron chi connectivity index (χ2n) is 3.37. The maximum atomic E-state index is 11.1. The van der Waals surface area contributed by atoms with Crippen LogP contribution in [0.25, 0.3) is 0 Å². The van der Waals surface area contributed by atoms with Crippen molar-refractivity contribution in [2.24, 2.45) is 0 Å². The minimum Gasteiger partial charge on any atom is -0.304 e. The first kappa shape index (κ1) is 7.52. The first-order valence-corrected chi connectivity index (χ1v) is 5.22. The van der Waals surface area contributed by atoms with Crippen molar-refractivity contribution in [2.45, 2.75) is 17.8 Å². The normalized spacial score (nSPS) is 45.9. The monoisotopic (exact) mass is 176 g/mol. The van der Waals surface area contributed by atoms with Crippen molar-refractivity contribution >= 4 is 10.0 Å². The van der Waals surface area contributed by atoms with E-state index in [4.69, 9.17) is 0 Å². The molecule has 0 aromatic rings. The van der Waals surface area contributed by atoms with Crippen LogP contribution in [-0.4, -0.2) is 49.7 Å². The molecule has 2 saturated heterocycles. The lowest BCUT2D eigenvalue weighted by Gasteiger charge is -2.17. The maximum absolute atomic E-state index is 11.1. The molecule has 5 heteroatoms. The number of nitrogens with zero attached hydrogens (tertiary/aromatic N) is 2. The van der Waals surface area contributed by atoms with Crippen molar-refractivity contribution in [3.05, 3.63) is 0 Å². The highest BCUT2D eigenvalue weighted by Gasteiger charge is 2.63. The summed E-state index contributed by atoms with van der Waals surface area (Å²) in [6.45, 7) is 0.718. The molecule has 4 nitrogen and oxygen atoms in total. The maximum Gasteiger partial charge on any atom is 0.234 e. The van der Waals surface area contributed by atoms with Crippen molar-refractivity contribution in [3.63, 3.8) is 0 Å². The van der Waals surface area contributed by atoms with Gasteiger partial charge in [0, 0.05) is 12.6 Å². The zero-order valence-corrected chi connectivity index (χ0v) is 7.50. The zero-order chi connectivity index (χ0) is 8.22. The molecule has 2 heterocycles. The van der Waals surface area contributed by atoms with E-state index in [0.29, 0.717) is 0 Å². The first-order chi connectivity index (χ1) is 5.05. The number of likely N-dealkylation sites (N-methyl/N-ethyl adjacent to an activating group) is 1. The van der Waals surface area contributed by atoms with E-state index in [1.165, 1.54) is 0 Å². The Hall–Kier alpha value is -0.130. The summed E-state index contributed by atoms with van der Waals surface area (Å²) in [7, 11) is 1.06. The third-order valence-electron chi connectivity index (χ3n) is 2.51. The van der Waals surface area contributed by atoms with Gasteiger partial charge in [0.25, 0.3) is 0 Å². The van der Waals surface area contributed by atoms with Crippen LogP contribution < -0.4 is 0 Å². The van der Waals surface area contributed by atoms with E-state index in [-0.39, 0.29) is 11.4 Å². The van der Waals surface area contributed by atoms with Gasteiger partial charge in [-0.25, -0.2) is 8.42 Å². The number of hydrogen-bond donors (Lipinski definition) is 0. The predicted molar refractivity (Wildman–Crippen MR) is 41.5 cm³/mol. The number of fused-ring (bicyclic) bond motifs is 1. The van der Waals surface area contributed by atoms with Crippen LogP contribution >= 0.6 is 0 Å². The molecule has 64 valence electrons. The highest BCUT2D eigenvalue weighted by atomic mass is 32.2. The van der Waals surface area contributed by atoms with Crippen molar-refractivity contribution in [2.75, 3.05) is 20.6 Å². The molecular formula is C6H12N2O2S. The minimum absolute atomic E-state index is 0.183. The van der Waals surface area contributed by atoms with Crippen LogP contribution in [0.5, 0.6) is 0 Å². The zero-order valence-electron chi connectivity index (χ0n) is 6.69. The van der Waals surface area contributed by atoms with Crippen molar-refractivity contribution < 1.29 is 8.42 Å². The van der Waals surface area contributed by atoms with Gasteiger partial charge in [-0.2, -0.15) is 4.31 Å². The third kappa shape index (κ3) is 0.847. The van der Waals surface area contributed by atoms with Crippen LogP contribution in [0.3, 0.4) is 0 Å². The SMILES string of the molecule is CN(C)C1CCN2C1S2(=O)=O. The van der Waals surface area contributed by atoms with E-state index >= 15 is 0 Å². The Morgan fingerprint density at radius 2 is 2.09 bits per heavy atom. The highest BCUT2D eigenvalue weighted by Crippen LogP contribution is 2.41. The average molecular weight is 176 g/mol. The molecule has 0 N–H and O–H groups in total.